The summed E-state index contributed by atoms with van der Waals surface area (Å²) in [6.45, 7) is 2.54. The van der Waals surface area contributed by atoms with Crippen LogP contribution in [0.5, 0.6) is 0 Å². The third-order valence-corrected chi connectivity index (χ3v) is 3.52. The fourth-order valence-corrected chi connectivity index (χ4v) is 2.47. The molecule has 1 fully saturated rings. The van der Waals surface area contributed by atoms with Gasteiger partial charge in [0.15, 0.2) is 6.29 Å². The Morgan fingerprint density at radius 3 is 2.95 bits per heavy atom. The van der Waals surface area contributed by atoms with Crippen LogP contribution in [-0.2, 0) is 13.6 Å². The first-order valence-corrected chi connectivity index (χ1v) is 6.48. The molecule has 0 aromatic carbocycles. The number of carbonyl (C=O) groups excluding carboxylic acids is 1. The van der Waals surface area contributed by atoms with E-state index in [2.05, 4.69) is 10.00 Å². The summed E-state index contributed by atoms with van der Waals surface area (Å²) < 4.78 is 7.22. The summed E-state index contributed by atoms with van der Waals surface area (Å²) >= 11 is 0. The lowest BCUT2D eigenvalue weighted by Crippen LogP contribution is -2.28. The smallest absolute Gasteiger partial charge is 0.155 e. The number of aryl methyl sites for hydroxylation is 2. The highest BCUT2D eigenvalue weighted by Crippen LogP contribution is 2.35. The third-order valence-electron chi connectivity index (χ3n) is 3.52. The fourth-order valence-electron chi connectivity index (χ4n) is 2.47. The summed E-state index contributed by atoms with van der Waals surface area (Å²) in [6, 6.07) is 4.33. The molecule has 1 aliphatic rings. The van der Waals surface area contributed by atoms with Crippen LogP contribution in [0, 0.1) is 6.92 Å². The molecule has 100 valence electrons. The zero-order valence-corrected chi connectivity index (χ0v) is 11.2. The molecule has 0 N–H and O–H groups in total. The van der Waals surface area contributed by atoms with Gasteiger partial charge in [-0.25, -0.2) is 0 Å². The van der Waals surface area contributed by atoms with Crippen molar-refractivity contribution in [3.05, 3.63) is 35.4 Å². The van der Waals surface area contributed by atoms with E-state index in [1.54, 1.807) is 10.9 Å². The van der Waals surface area contributed by atoms with E-state index < -0.39 is 0 Å². The Bertz CT molecular complexity index is 582. The van der Waals surface area contributed by atoms with E-state index in [1.165, 1.54) is 0 Å². The van der Waals surface area contributed by atoms with Crippen molar-refractivity contribution in [3.8, 4) is 0 Å². The summed E-state index contributed by atoms with van der Waals surface area (Å²) in [5.74, 6) is 1.80. The van der Waals surface area contributed by atoms with Gasteiger partial charge in [0, 0.05) is 13.1 Å². The Kier molecular flexibility index (Phi) is 2.89. The molecule has 0 radical (unpaired) electrons. The van der Waals surface area contributed by atoms with Crippen molar-refractivity contribution in [1.29, 1.82) is 0 Å². The average molecular weight is 259 g/mol. The summed E-state index contributed by atoms with van der Waals surface area (Å²) in [6.07, 6.45) is 4.89. The van der Waals surface area contributed by atoms with Crippen molar-refractivity contribution in [2.75, 3.05) is 4.90 Å². The highest BCUT2D eigenvalue weighted by atomic mass is 16.3. The predicted octanol–water partition coefficient (Wildman–Crippen LogP) is 2.30. The Labute approximate surface area is 111 Å². The topological polar surface area (TPSA) is 51.3 Å². The number of nitrogens with zero attached hydrogens (tertiary/aromatic N) is 3. The minimum absolute atomic E-state index is 0.485. The number of rotatable bonds is 5. The Hall–Kier alpha value is -2.04. The van der Waals surface area contributed by atoms with Gasteiger partial charge in [-0.1, -0.05) is 0 Å². The van der Waals surface area contributed by atoms with E-state index >= 15 is 0 Å². The van der Waals surface area contributed by atoms with Crippen LogP contribution in [0.25, 0.3) is 0 Å². The molecule has 19 heavy (non-hydrogen) atoms. The monoisotopic (exact) mass is 259 g/mol. The Morgan fingerprint density at radius 1 is 1.58 bits per heavy atom. The van der Waals surface area contributed by atoms with Crippen LogP contribution in [0.4, 0.5) is 5.82 Å². The molecule has 0 unspecified atom stereocenters. The highest BCUT2D eigenvalue weighted by Gasteiger charge is 2.33. The van der Waals surface area contributed by atoms with Gasteiger partial charge in [0.25, 0.3) is 0 Å². The summed E-state index contributed by atoms with van der Waals surface area (Å²) in [5.41, 5.74) is 1.46. The van der Waals surface area contributed by atoms with Crippen LogP contribution in [0.15, 0.2) is 22.8 Å². The summed E-state index contributed by atoms with van der Waals surface area (Å²) in [7, 11) is 1.88. The van der Waals surface area contributed by atoms with Gasteiger partial charge in [-0.05, 0) is 31.9 Å². The van der Waals surface area contributed by atoms with E-state index in [0.29, 0.717) is 18.2 Å². The van der Waals surface area contributed by atoms with Crippen LogP contribution in [-0.4, -0.2) is 22.1 Å². The van der Waals surface area contributed by atoms with Gasteiger partial charge in [0.1, 0.15) is 11.6 Å². The third kappa shape index (κ3) is 2.16. The molecule has 0 bridgehead atoms. The normalized spacial score (nSPS) is 14.6. The number of hydrogen-bond acceptors (Lipinski definition) is 4. The Morgan fingerprint density at radius 2 is 2.37 bits per heavy atom. The van der Waals surface area contributed by atoms with Crippen molar-refractivity contribution in [3.63, 3.8) is 0 Å². The maximum atomic E-state index is 11.3. The van der Waals surface area contributed by atoms with Gasteiger partial charge in [-0.2, -0.15) is 5.10 Å². The standard InChI is InChI=1S/C14H17N3O2/c1-10-13(9-18)14(16(2)15-10)17(11-5-6-11)8-12-4-3-7-19-12/h3-4,7,9,11H,5-6,8H2,1-2H3. The van der Waals surface area contributed by atoms with E-state index in [9.17, 15) is 4.79 Å². The van der Waals surface area contributed by atoms with Crippen molar-refractivity contribution >= 4 is 12.1 Å². The van der Waals surface area contributed by atoms with Crippen LogP contribution >= 0.6 is 0 Å². The lowest BCUT2D eigenvalue weighted by atomic mass is 10.2. The molecule has 0 atom stereocenters. The molecule has 2 heterocycles. The molecule has 0 spiro atoms. The molecule has 1 saturated carbocycles. The first kappa shape index (κ1) is 12.0. The zero-order chi connectivity index (χ0) is 13.4. The second-order valence-electron chi connectivity index (χ2n) is 5.00. The Balaban J connectivity index is 1.98. The van der Waals surface area contributed by atoms with Gasteiger partial charge < -0.3 is 9.32 Å². The van der Waals surface area contributed by atoms with Gasteiger partial charge in [-0.15, -0.1) is 0 Å². The van der Waals surface area contributed by atoms with Gasteiger partial charge >= 0.3 is 0 Å². The lowest BCUT2D eigenvalue weighted by Gasteiger charge is -2.24. The number of aldehydes is 1. The van der Waals surface area contributed by atoms with E-state index in [1.807, 2.05) is 26.1 Å². The summed E-state index contributed by atoms with van der Waals surface area (Å²) in [4.78, 5) is 13.5. The minimum Gasteiger partial charge on any atom is -0.467 e. The van der Waals surface area contributed by atoms with E-state index in [0.717, 1.165) is 36.4 Å². The van der Waals surface area contributed by atoms with Crippen molar-refractivity contribution in [2.45, 2.75) is 32.4 Å². The number of anilines is 1. The van der Waals surface area contributed by atoms with Crippen molar-refractivity contribution in [1.82, 2.24) is 9.78 Å². The van der Waals surface area contributed by atoms with Crippen LogP contribution < -0.4 is 4.90 Å². The number of carbonyl (C=O) groups is 1. The maximum Gasteiger partial charge on any atom is 0.155 e. The molecule has 2 aromatic rings. The maximum absolute atomic E-state index is 11.3. The average Bonchev–Trinajstić information content (AvgIpc) is 3.02. The molecule has 0 saturated heterocycles. The van der Waals surface area contributed by atoms with Gasteiger partial charge in [0.2, 0.25) is 0 Å². The first-order chi connectivity index (χ1) is 9.20. The highest BCUT2D eigenvalue weighted by molar-refractivity contribution is 5.85. The number of aromatic nitrogens is 2. The molecular weight excluding hydrogens is 242 g/mol. The number of hydrogen-bond donors (Lipinski definition) is 0. The predicted molar refractivity (Wildman–Crippen MR) is 71.2 cm³/mol. The lowest BCUT2D eigenvalue weighted by molar-refractivity contribution is 0.112. The minimum atomic E-state index is 0.485. The van der Waals surface area contributed by atoms with E-state index in [4.69, 9.17) is 4.42 Å². The zero-order valence-electron chi connectivity index (χ0n) is 11.2. The molecule has 1 aliphatic carbocycles. The van der Waals surface area contributed by atoms with Crippen LogP contribution in [0.1, 0.15) is 34.7 Å². The van der Waals surface area contributed by atoms with Crippen molar-refractivity contribution < 1.29 is 9.21 Å². The van der Waals surface area contributed by atoms with Gasteiger partial charge in [-0.3, -0.25) is 9.48 Å². The number of furan rings is 1. The molecule has 3 rings (SSSR count). The SMILES string of the molecule is Cc1nn(C)c(N(Cc2ccco2)C2CC2)c1C=O. The van der Waals surface area contributed by atoms with Gasteiger partial charge in [0.05, 0.1) is 24.1 Å². The molecule has 2 aromatic heterocycles. The fraction of sp³-hybridized carbons (Fsp3) is 0.429. The van der Waals surface area contributed by atoms with Crippen molar-refractivity contribution in [2.24, 2.45) is 7.05 Å². The van der Waals surface area contributed by atoms with E-state index in [-0.39, 0.29) is 0 Å². The largest absolute Gasteiger partial charge is 0.467 e. The quantitative estimate of drug-likeness (QED) is 0.773. The molecule has 0 amide bonds. The molecule has 5 heteroatoms. The van der Waals surface area contributed by atoms with Crippen LogP contribution in [0.2, 0.25) is 0 Å². The first-order valence-electron chi connectivity index (χ1n) is 6.48. The molecule has 5 nitrogen and oxygen atoms in total. The summed E-state index contributed by atoms with van der Waals surface area (Å²) in [5, 5.41) is 4.36. The molecular formula is C14H17N3O2. The second-order valence-corrected chi connectivity index (χ2v) is 5.00. The molecule has 0 aliphatic heterocycles. The second kappa shape index (κ2) is 4.57. The van der Waals surface area contributed by atoms with Crippen LogP contribution in [0.3, 0.4) is 0 Å².